The first-order valence-corrected chi connectivity index (χ1v) is 11.0. The molecule has 8 heteroatoms. The van der Waals surface area contributed by atoms with Crippen LogP contribution in [0.15, 0.2) is 54.2 Å². The van der Waals surface area contributed by atoms with Gasteiger partial charge in [-0.3, -0.25) is 9.59 Å². The SMILES string of the molecule is Cc1ccc(CCOCC(=O)NC2=CC(C)(NC(=O)COc3ccc(Cl)c(Cl)c3)C2)cc1. The first-order valence-electron chi connectivity index (χ1n) is 10.3. The third-order valence-corrected chi connectivity index (χ3v) is 5.66. The van der Waals surface area contributed by atoms with E-state index in [4.69, 9.17) is 32.7 Å². The Balaban J connectivity index is 1.33. The van der Waals surface area contributed by atoms with Crippen molar-refractivity contribution in [2.45, 2.75) is 32.2 Å². The van der Waals surface area contributed by atoms with Crippen molar-refractivity contribution in [3.8, 4) is 5.75 Å². The van der Waals surface area contributed by atoms with Crippen molar-refractivity contribution in [3.63, 3.8) is 0 Å². The highest BCUT2D eigenvalue weighted by Crippen LogP contribution is 2.29. The predicted octanol–water partition coefficient (Wildman–Crippen LogP) is 4.22. The summed E-state index contributed by atoms with van der Waals surface area (Å²) in [5.41, 5.74) is 2.61. The lowest BCUT2D eigenvalue weighted by atomic mass is 9.84. The monoisotopic (exact) mass is 476 g/mol. The molecule has 0 heterocycles. The molecule has 1 aliphatic rings. The summed E-state index contributed by atoms with van der Waals surface area (Å²) in [6.45, 7) is 4.23. The first-order chi connectivity index (χ1) is 15.2. The fraction of sp³-hybridized carbons (Fsp3) is 0.333. The Kier molecular flexibility index (Phi) is 8.18. The van der Waals surface area contributed by atoms with Crippen LogP contribution in [0.5, 0.6) is 5.75 Å². The molecule has 0 saturated heterocycles. The van der Waals surface area contributed by atoms with Crippen molar-refractivity contribution in [2.75, 3.05) is 19.8 Å². The highest BCUT2D eigenvalue weighted by molar-refractivity contribution is 6.42. The third kappa shape index (κ3) is 7.26. The lowest BCUT2D eigenvalue weighted by molar-refractivity contribution is -0.125. The fourth-order valence-corrected chi connectivity index (χ4v) is 3.59. The molecule has 3 rings (SSSR count). The van der Waals surface area contributed by atoms with E-state index in [9.17, 15) is 9.59 Å². The molecule has 0 bridgehead atoms. The van der Waals surface area contributed by atoms with Gasteiger partial charge < -0.3 is 20.1 Å². The smallest absolute Gasteiger partial charge is 0.258 e. The maximum absolute atomic E-state index is 12.2. The van der Waals surface area contributed by atoms with Gasteiger partial charge in [0.05, 0.1) is 22.2 Å². The number of carbonyl (C=O) groups is 2. The normalized spacial score (nSPS) is 17.2. The zero-order valence-corrected chi connectivity index (χ0v) is 19.6. The van der Waals surface area contributed by atoms with Crippen LogP contribution >= 0.6 is 23.2 Å². The minimum atomic E-state index is -0.535. The Hall–Kier alpha value is -2.54. The molecule has 0 radical (unpaired) electrons. The van der Waals surface area contributed by atoms with Gasteiger partial charge in [0.1, 0.15) is 12.4 Å². The van der Waals surface area contributed by atoms with Gasteiger partial charge in [-0.15, -0.1) is 0 Å². The maximum atomic E-state index is 12.2. The molecule has 6 nitrogen and oxygen atoms in total. The number of hydrogen-bond donors (Lipinski definition) is 2. The summed E-state index contributed by atoms with van der Waals surface area (Å²) in [6.07, 6.45) is 3.08. The Bertz CT molecular complexity index is 1010. The first kappa shape index (κ1) is 24.1. The van der Waals surface area contributed by atoms with Crippen LogP contribution in [-0.4, -0.2) is 37.2 Å². The molecule has 2 aromatic rings. The largest absolute Gasteiger partial charge is 0.484 e. The van der Waals surface area contributed by atoms with E-state index >= 15 is 0 Å². The van der Waals surface area contributed by atoms with E-state index in [1.807, 2.05) is 19.9 Å². The summed E-state index contributed by atoms with van der Waals surface area (Å²) in [6, 6.07) is 13.0. The second-order valence-corrected chi connectivity index (χ2v) is 8.83. The van der Waals surface area contributed by atoms with E-state index in [2.05, 4.69) is 34.9 Å². The number of aryl methyl sites for hydroxylation is 1. The van der Waals surface area contributed by atoms with E-state index < -0.39 is 5.54 Å². The molecule has 0 aliphatic heterocycles. The fourth-order valence-electron chi connectivity index (χ4n) is 3.31. The van der Waals surface area contributed by atoms with E-state index in [0.717, 1.165) is 12.1 Å². The average Bonchev–Trinajstić information content (AvgIpc) is 2.72. The molecule has 0 saturated carbocycles. The van der Waals surface area contributed by atoms with Crippen LogP contribution in [0.4, 0.5) is 0 Å². The van der Waals surface area contributed by atoms with Crippen LogP contribution in [0.1, 0.15) is 24.5 Å². The minimum Gasteiger partial charge on any atom is -0.484 e. The molecule has 1 unspecified atom stereocenters. The predicted molar refractivity (Wildman–Crippen MR) is 125 cm³/mol. The van der Waals surface area contributed by atoms with Crippen LogP contribution in [0.3, 0.4) is 0 Å². The quantitative estimate of drug-likeness (QED) is 0.503. The lowest BCUT2D eigenvalue weighted by Crippen LogP contribution is -2.53. The van der Waals surface area contributed by atoms with Crippen molar-refractivity contribution >= 4 is 35.0 Å². The van der Waals surface area contributed by atoms with Crippen LogP contribution in [0.2, 0.25) is 10.0 Å². The number of halogens is 2. The number of nitrogens with one attached hydrogen (secondary N) is 2. The van der Waals surface area contributed by atoms with Crippen LogP contribution in [0.25, 0.3) is 0 Å². The van der Waals surface area contributed by atoms with Crippen molar-refractivity contribution < 1.29 is 19.1 Å². The molecule has 170 valence electrons. The van der Waals surface area contributed by atoms with E-state index in [-0.39, 0.29) is 25.0 Å². The van der Waals surface area contributed by atoms with Crippen LogP contribution < -0.4 is 15.4 Å². The van der Waals surface area contributed by atoms with E-state index in [1.54, 1.807) is 18.2 Å². The number of carbonyl (C=O) groups excluding carboxylic acids is 2. The van der Waals surface area contributed by atoms with Gasteiger partial charge in [-0.25, -0.2) is 0 Å². The molecule has 2 N–H and O–H groups in total. The standard InChI is InChI=1S/C24H26Cl2N2O4/c1-16-3-5-17(6-4-16)9-10-31-14-22(29)27-18-12-24(2,13-18)28-23(30)15-32-19-7-8-20(25)21(26)11-19/h3-8,11-12H,9-10,13-15H2,1-2H3,(H,27,29)(H,28,30). The third-order valence-electron chi connectivity index (χ3n) is 4.93. The number of rotatable bonds is 10. The lowest BCUT2D eigenvalue weighted by Gasteiger charge is -2.37. The number of benzene rings is 2. The minimum absolute atomic E-state index is 0.0102. The second kappa shape index (κ2) is 10.9. The number of ether oxygens (including phenoxy) is 2. The van der Waals surface area contributed by atoms with E-state index in [0.29, 0.717) is 28.8 Å². The molecule has 32 heavy (non-hydrogen) atoms. The molecular formula is C24H26Cl2N2O4. The van der Waals surface area contributed by atoms with Gasteiger partial charge in [0, 0.05) is 18.2 Å². The van der Waals surface area contributed by atoms with Crippen molar-refractivity contribution in [1.82, 2.24) is 10.6 Å². The van der Waals surface area contributed by atoms with Crippen LogP contribution in [0, 0.1) is 6.92 Å². The summed E-state index contributed by atoms with van der Waals surface area (Å²) in [4.78, 5) is 24.2. The molecule has 0 fully saturated rings. The Morgan fingerprint density at radius 2 is 1.75 bits per heavy atom. The maximum Gasteiger partial charge on any atom is 0.258 e. The van der Waals surface area contributed by atoms with Gasteiger partial charge in [-0.1, -0.05) is 53.0 Å². The Morgan fingerprint density at radius 3 is 2.44 bits per heavy atom. The molecule has 2 aromatic carbocycles. The second-order valence-electron chi connectivity index (χ2n) is 8.01. The summed E-state index contributed by atoms with van der Waals surface area (Å²) in [5.74, 6) is -0.0321. The topological polar surface area (TPSA) is 76.7 Å². The Morgan fingerprint density at radius 1 is 1.03 bits per heavy atom. The van der Waals surface area contributed by atoms with Gasteiger partial charge in [0.2, 0.25) is 5.91 Å². The highest BCUT2D eigenvalue weighted by Gasteiger charge is 2.34. The molecule has 0 spiro atoms. The van der Waals surface area contributed by atoms with E-state index in [1.165, 1.54) is 11.1 Å². The van der Waals surface area contributed by atoms with Gasteiger partial charge in [-0.05, 0) is 44.0 Å². The average molecular weight is 477 g/mol. The van der Waals surface area contributed by atoms with Gasteiger partial charge in [-0.2, -0.15) is 0 Å². The molecule has 1 aliphatic carbocycles. The van der Waals surface area contributed by atoms with Crippen molar-refractivity contribution in [1.29, 1.82) is 0 Å². The molecular weight excluding hydrogens is 451 g/mol. The number of hydrogen-bond acceptors (Lipinski definition) is 4. The number of amides is 2. The summed E-state index contributed by atoms with van der Waals surface area (Å²) < 4.78 is 10.9. The van der Waals surface area contributed by atoms with Crippen molar-refractivity contribution in [3.05, 3.63) is 75.4 Å². The van der Waals surface area contributed by atoms with Gasteiger partial charge in [0.15, 0.2) is 6.61 Å². The van der Waals surface area contributed by atoms with Crippen LogP contribution in [-0.2, 0) is 20.7 Å². The zero-order valence-electron chi connectivity index (χ0n) is 18.0. The highest BCUT2D eigenvalue weighted by atomic mass is 35.5. The summed E-state index contributed by atoms with van der Waals surface area (Å²) >= 11 is 11.8. The molecule has 0 aromatic heterocycles. The van der Waals surface area contributed by atoms with Gasteiger partial charge in [0.25, 0.3) is 5.91 Å². The summed E-state index contributed by atoms with van der Waals surface area (Å²) in [5, 5.41) is 6.47. The molecule has 2 amide bonds. The zero-order chi connectivity index (χ0) is 23.1. The molecule has 1 atom stereocenters. The van der Waals surface area contributed by atoms with Crippen molar-refractivity contribution in [2.24, 2.45) is 0 Å². The Labute approximate surface area is 197 Å². The van der Waals surface area contributed by atoms with Gasteiger partial charge >= 0.3 is 0 Å². The summed E-state index contributed by atoms with van der Waals surface area (Å²) in [7, 11) is 0.